The summed E-state index contributed by atoms with van der Waals surface area (Å²) in [6, 6.07) is 7.14. The first-order valence-electron chi connectivity index (χ1n) is 7.83. The summed E-state index contributed by atoms with van der Waals surface area (Å²) in [5.74, 6) is 1.29. The molecule has 1 heterocycles. The van der Waals surface area contributed by atoms with Crippen LogP contribution in [0.5, 0.6) is 5.75 Å². The average Bonchev–Trinajstić information content (AvgIpc) is 3.37. The maximum atomic E-state index is 12.0. The average molecular weight is 312 g/mol. The molecule has 0 atom stereocenters. The molecule has 0 spiro atoms. The van der Waals surface area contributed by atoms with Crippen molar-refractivity contribution in [1.29, 1.82) is 0 Å². The van der Waals surface area contributed by atoms with Gasteiger partial charge in [0.05, 0.1) is 12.4 Å². The van der Waals surface area contributed by atoms with Crippen molar-refractivity contribution in [3.05, 3.63) is 47.9 Å². The van der Waals surface area contributed by atoms with E-state index in [9.17, 15) is 9.90 Å². The molecule has 1 aliphatic rings. The highest BCUT2D eigenvalue weighted by molar-refractivity contribution is 5.92. The second-order valence-corrected chi connectivity index (χ2v) is 5.79. The lowest BCUT2D eigenvalue weighted by Gasteiger charge is -2.08. The van der Waals surface area contributed by atoms with Crippen molar-refractivity contribution < 1.29 is 9.90 Å². The molecule has 0 saturated heterocycles. The SMILES string of the molecule is O=C(NCC1CC1)c1cncc(NCCc2cccc(O)c2)n1. The van der Waals surface area contributed by atoms with Gasteiger partial charge < -0.3 is 15.7 Å². The number of rotatable bonds is 7. The molecular formula is C17H20N4O2. The zero-order valence-electron chi connectivity index (χ0n) is 12.8. The van der Waals surface area contributed by atoms with Crippen molar-refractivity contribution in [2.45, 2.75) is 19.3 Å². The number of phenols is 1. The number of carbonyl (C=O) groups excluding carboxylic acids is 1. The second-order valence-electron chi connectivity index (χ2n) is 5.79. The molecule has 1 aromatic heterocycles. The maximum absolute atomic E-state index is 12.0. The van der Waals surface area contributed by atoms with Gasteiger partial charge in [0.15, 0.2) is 0 Å². The summed E-state index contributed by atoms with van der Waals surface area (Å²) in [5.41, 5.74) is 1.36. The molecule has 0 bridgehead atoms. The van der Waals surface area contributed by atoms with Gasteiger partial charge in [-0.3, -0.25) is 9.78 Å². The first-order valence-corrected chi connectivity index (χ1v) is 7.83. The Balaban J connectivity index is 1.51. The van der Waals surface area contributed by atoms with Gasteiger partial charge in [0.1, 0.15) is 17.3 Å². The Morgan fingerprint density at radius 1 is 1.30 bits per heavy atom. The van der Waals surface area contributed by atoms with Gasteiger partial charge >= 0.3 is 0 Å². The molecule has 1 saturated carbocycles. The molecule has 120 valence electrons. The lowest BCUT2D eigenvalue weighted by atomic mass is 10.1. The van der Waals surface area contributed by atoms with Gasteiger partial charge in [0.25, 0.3) is 5.91 Å². The predicted octanol–water partition coefficient (Wildman–Crippen LogP) is 1.98. The number of amides is 1. The van der Waals surface area contributed by atoms with E-state index in [1.165, 1.54) is 19.0 Å². The fourth-order valence-electron chi connectivity index (χ4n) is 2.26. The van der Waals surface area contributed by atoms with Crippen LogP contribution in [-0.4, -0.2) is 34.1 Å². The summed E-state index contributed by atoms with van der Waals surface area (Å²) in [5, 5.41) is 15.5. The Labute approximate surface area is 135 Å². The highest BCUT2D eigenvalue weighted by Crippen LogP contribution is 2.27. The highest BCUT2D eigenvalue weighted by atomic mass is 16.3. The van der Waals surface area contributed by atoms with E-state index in [1.807, 2.05) is 12.1 Å². The van der Waals surface area contributed by atoms with E-state index in [-0.39, 0.29) is 11.7 Å². The molecule has 1 aliphatic carbocycles. The van der Waals surface area contributed by atoms with Crippen molar-refractivity contribution in [3.63, 3.8) is 0 Å². The molecule has 6 heteroatoms. The summed E-state index contributed by atoms with van der Waals surface area (Å²) < 4.78 is 0. The number of hydrogen-bond donors (Lipinski definition) is 3. The van der Waals surface area contributed by atoms with Crippen LogP contribution in [0.25, 0.3) is 0 Å². The predicted molar refractivity (Wildman–Crippen MR) is 87.4 cm³/mol. The third kappa shape index (κ3) is 4.67. The zero-order valence-corrected chi connectivity index (χ0v) is 12.8. The Hall–Kier alpha value is -2.63. The van der Waals surface area contributed by atoms with Crippen molar-refractivity contribution >= 4 is 11.7 Å². The molecule has 2 aromatic rings. The summed E-state index contributed by atoms with van der Waals surface area (Å²) in [6.07, 6.45) is 6.21. The fourth-order valence-corrected chi connectivity index (χ4v) is 2.26. The molecule has 6 nitrogen and oxygen atoms in total. The molecule has 1 amide bonds. The molecule has 1 aromatic carbocycles. The number of aromatic hydroxyl groups is 1. The van der Waals surface area contributed by atoms with Gasteiger partial charge in [0.2, 0.25) is 0 Å². The van der Waals surface area contributed by atoms with Crippen LogP contribution in [0.15, 0.2) is 36.7 Å². The Bertz CT molecular complexity index is 686. The monoisotopic (exact) mass is 312 g/mol. The van der Waals surface area contributed by atoms with E-state index in [2.05, 4.69) is 20.6 Å². The van der Waals surface area contributed by atoms with Crippen LogP contribution in [0.3, 0.4) is 0 Å². The van der Waals surface area contributed by atoms with E-state index in [0.29, 0.717) is 24.0 Å². The van der Waals surface area contributed by atoms with E-state index < -0.39 is 0 Å². The van der Waals surface area contributed by atoms with Gasteiger partial charge in [-0.1, -0.05) is 12.1 Å². The minimum atomic E-state index is -0.180. The minimum Gasteiger partial charge on any atom is -0.508 e. The zero-order chi connectivity index (χ0) is 16.1. The molecule has 0 unspecified atom stereocenters. The number of aromatic nitrogens is 2. The second kappa shape index (κ2) is 7.09. The van der Waals surface area contributed by atoms with Crippen LogP contribution < -0.4 is 10.6 Å². The third-order valence-electron chi connectivity index (χ3n) is 3.75. The van der Waals surface area contributed by atoms with E-state index >= 15 is 0 Å². The Kier molecular flexibility index (Phi) is 4.71. The molecule has 3 N–H and O–H groups in total. The van der Waals surface area contributed by atoms with Crippen LogP contribution in [0.1, 0.15) is 28.9 Å². The van der Waals surface area contributed by atoms with Crippen LogP contribution >= 0.6 is 0 Å². The molecule has 1 fully saturated rings. The van der Waals surface area contributed by atoms with Gasteiger partial charge in [-0.2, -0.15) is 0 Å². The van der Waals surface area contributed by atoms with Crippen molar-refractivity contribution in [1.82, 2.24) is 15.3 Å². The number of hydrogen-bond acceptors (Lipinski definition) is 5. The molecule has 0 aliphatic heterocycles. The number of carbonyl (C=O) groups is 1. The lowest BCUT2D eigenvalue weighted by Crippen LogP contribution is -2.26. The summed E-state index contributed by atoms with van der Waals surface area (Å²) in [7, 11) is 0. The van der Waals surface area contributed by atoms with Gasteiger partial charge in [-0.25, -0.2) is 4.98 Å². The first-order chi connectivity index (χ1) is 11.2. The van der Waals surface area contributed by atoms with Gasteiger partial charge in [-0.15, -0.1) is 0 Å². The third-order valence-corrected chi connectivity index (χ3v) is 3.75. The van der Waals surface area contributed by atoms with Crippen molar-refractivity contribution in [3.8, 4) is 5.75 Å². The van der Waals surface area contributed by atoms with Crippen LogP contribution in [0.2, 0.25) is 0 Å². The van der Waals surface area contributed by atoms with E-state index in [0.717, 1.165) is 18.5 Å². The summed E-state index contributed by atoms with van der Waals surface area (Å²) in [6.45, 7) is 1.36. The number of nitrogens with zero attached hydrogens (tertiary/aromatic N) is 2. The number of benzene rings is 1. The quantitative estimate of drug-likeness (QED) is 0.727. The number of nitrogens with one attached hydrogen (secondary N) is 2. The van der Waals surface area contributed by atoms with E-state index in [4.69, 9.17) is 0 Å². The first kappa shape index (κ1) is 15.3. The normalized spacial score (nSPS) is 13.6. The fraction of sp³-hybridized carbons (Fsp3) is 0.353. The number of phenolic OH excluding ortho intramolecular Hbond substituents is 1. The molecule has 23 heavy (non-hydrogen) atoms. The topological polar surface area (TPSA) is 87.1 Å². The maximum Gasteiger partial charge on any atom is 0.271 e. The van der Waals surface area contributed by atoms with E-state index in [1.54, 1.807) is 18.3 Å². The van der Waals surface area contributed by atoms with Gasteiger partial charge in [0, 0.05) is 13.1 Å². The van der Waals surface area contributed by atoms with Crippen LogP contribution in [0.4, 0.5) is 5.82 Å². The summed E-state index contributed by atoms with van der Waals surface area (Å²) in [4.78, 5) is 20.3. The van der Waals surface area contributed by atoms with Crippen molar-refractivity contribution in [2.24, 2.45) is 5.92 Å². The molecule has 3 rings (SSSR count). The lowest BCUT2D eigenvalue weighted by molar-refractivity contribution is 0.0946. The number of anilines is 1. The Morgan fingerprint density at radius 2 is 2.17 bits per heavy atom. The van der Waals surface area contributed by atoms with Crippen molar-refractivity contribution in [2.75, 3.05) is 18.4 Å². The minimum absolute atomic E-state index is 0.180. The standard InChI is InChI=1S/C17H20N4O2/c22-14-3-1-2-12(8-14)6-7-19-16-11-18-10-15(21-16)17(23)20-9-13-4-5-13/h1-3,8,10-11,13,22H,4-7,9H2,(H,19,21)(H,20,23). The largest absolute Gasteiger partial charge is 0.508 e. The Morgan fingerprint density at radius 3 is 2.96 bits per heavy atom. The summed E-state index contributed by atoms with van der Waals surface area (Å²) >= 11 is 0. The highest BCUT2D eigenvalue weighted by Gasteiger charge is 2.22. The molecular weight excluding hydrogens is 292 g/mol. The van der Waals surface area contributed by atoms with Crippen LogP contribution in [0, 0.1) is 5.92 Å². The van der Waals surface area contributed by atoms with Crippen LogP contribution in [-0.2, 0) is 6.42 Å². The van der Waals surface area contributed by atoms with Gasteiger partial charge in [-0.05, 0) is 42.9 Å². The smallest absolute Gasteiger partial charge is 0.271 e. The molecule has 0 radical (unpaired) electrons.